The Balaban J connectivity index is 2.45. The number of nitrogens with zero attached hydrogens (tertiary/aromatic N) is 1. The fraction of sp³-hybridized carbons (Fsp3) is 0.154. The second-order valence-electron chi connectivity index (χ2n) is 3.74. The summed E-state index contributed by atoms with van der Waals surface area (Å²) in [7, 11) is 1.86. The van der Waals surface area contributed by atoms with Crippen LogP contribution in [0.2, 0.25) is 5.02 Å². The fourth-order valence-electron chi connectivity index (χ4n) is 1.65. The zero-order valence-corrected chi connectivity index (χ0v) is 10.1. The molecule has 0 aliphatic carbocycles. The maximum atomic E-state index is 13.2. The molecule has 0 aliphatic heterocycles. The fourth-order valence-corrected chi connectivity index (χ4v) is 1.88. The summed E-state index contributed by atoms with van der Waals surface area (Å²) in [5.74, 6) is -0.302. The van der Waals surface area contributed by atoms with E-state index in [0.717, 1.165) is 11.1 Å². The lowest BCUT2D eigenvalue weighted by Crippen LogP contribution is -2.05. The van der Waals surface area contributed by atoms with Crippen LogP contribution < -0.4 is 5.32 Å². The largest absolute Gasteiger partial charge is 0.316 e. The first-order valence-electron chi connectivity index (χ1n) is 5.24. The highest BCUT2D eigenvalue weighted by atomic mass is 35.5. The molecule has 0 aliphatic rings. The van der Waals surface area contributed by atoms with Crippen molar-refractivity contribution in [2.75, 3.05) is 7.05 Å². The molecular weight excluding hydrogens is 239 g/mol. The summed E-state index contributed by atoms with van der Waals surface area (Å²) < 4.78 is 13.2. The highest BCUT2D eigenvalue weighted by Crippen LogP contribution is 2.28. The van der Waals surface area contributed by atoms with Gasteiger partial charge in [0.05, 0.1) is 0 Å². The molecule has 0 saturated heterocycles. The average Bonchev–Trinajstić information content (AvgIpc) is 2.33. The van der Waals surface area contributed by atoms with Crippen molar-refractivity contribution in [3.05, 3.63) is 53.1 Å². The zero-order chi connectivity index (χ0) is 12.3. The number of pyridine rings is 1. The van der Waals surface area contributed by atoms with Gasteiger partial charge < -0.3 is 5.32 Å². The smallest absolute Gasteiger partial charge is 0.123 e. The van der Waals surface area contributed by atoms with E-state index in [4.69, 9.17) is 11.6 Å². The van der Waals surface area contributed by atoms with E-state index < -0.39 is 0 Å². The number of rotatable bonds is 3. The van der Waals surface area contributed by atoms with E-state index in [9.17, 15) is 4.39 Å². The number of halogens is 2. The van der Waals surface area contributed by atoms with Gasteiger partial charge in [0.15, 0.2) is 0 Å². The number of nitrogens with one attached hydrogen (secondary N) is 1. The van der Waals surface area contributed by atoms with Gasteiger partial charge in [-0.1, -0.05) is 11.6 Å². The van der Waals surface area contributed by atoms with Crippen molar-refractivity contribution in [2.45, 2.75) is 6.54 Å². The summed E-state index contributed by atoms with van der Waals surface area (Å²) in [6, 6.07) is 6.26. The first-order valence-corrected chi connectivity index (χ1v) is 5.62. The van der Waals surface area contributed by atoms with Crippen LogP contribution in [0.25, 0.3) is 11.1 Å². The molecule has 1 heterocycles. The summed E-state index contributed by atoms with van der Waals surface area (Å²) in [5.41, 5.74) is 2.52. The molecule has 1 aromatic heterocycles. The summed E-state index contributed by atoms with van der Waals surface area (Å²) >= 11 is 6.05. The Morgan fingerprint density at radius 2 is 2.12 bits per heavy atom. The van der Waals surface area contributed by atoms with Crippen LogP contribution in [-0.4, -0.2) is 12.0 Å². The minimum atomic E-state index is -0.302. The van der Waals surface area contributed by atoms with Crippen molar-refractivity contribution in [1.29, 1.82) is 0 Å². The second-order valence-corrected chi connectivity index (χ2v) is 4.14. The first kappa shape index (κ1) is 12.0. The monoisotopic (exact) mass is 250 g/mol. The highest BCUT2D eigenvalue weighted by Gasteiger charge is 2.06. The average molecular weight is 251 g/mol. The van der Waals surface area contributed by atoms with Crippen LogP contribution in [0.15, 0.2) is 36.7 Å². The molecular formula is C13H12ClFN2. The standard InChI is InChI=1S/C13H12ClFN2/c1-16-6-9-4-10(8-17-7-9)12-5-11(15)2-3-13(12)14/h2-5,7-8,16H,6H2,1H3. The van der Waals surface area contributed by atoms with Crippen LogP contribution in [-0.2, 0) is 6.54 Å². The third-order valence-electron chi connectivity index (χ3n) is 2.42. The summed E-state index contributed by atoms with van der Waals surface area (Å²) in [4.78, 5) is 4.13. The van der Waals surface area contributed by atoms with E-state index in [0.29, 0.717) is 17.1 Å². The van der Waals surface area contributed by atoms with Crippen molar-refractivity contribution >= 4 is 11.6 Å². The van der Waals surface area contributed by atoms with Gasteiger partial charge in [-0.3, -0.25) is 4.98 Å². The Labute approximate surface area is 104 Å². The van der Waals surface area contributed by atoms with Gasteiger partial charge in [-0.15, -0.1) is 0 Å². The Kier molecular flexibility index (Phi) is 3.71. The lowest BCUT2D eigenvalue weighted by molar-refractivity contribution is 0.628. The second kappa shape index (κ2) is 5.25. The van der Waals surface area contributed by atoms with Crippen molar-refractivity contribution in [3.8, 4) is 11.1 Å². The molecule has 0 radical (unpaired) electrons. The van der Waals surface area contributed by atoms with Crippen molar-refractivity contribution < 1.29 is 4.39 Å². The maximum absolute atomic E-state index is 13.2. The Hall–Kier alpha value is -1.45. The Morgan fingerprint density at radius 1 is 1.29 bits per heavy atom. The van der Waals surface area contributed by atoms with E-state index in [1.165, 1.54) is 12.1 Å². The van der Waals surface area contributed by atoms with E-state index in [1.54, 1.807) is 18.5 Å². The number of aromatic nitrogens is 1. The molecule has 0 saturated carbocycles. The molecule has 2 nitrogen and oxygen atoms in total. The minimum Gasteiger partial charge on any atom is -0.316 e. The molecule has 17 heavy (non-hydrogen) atoms. The van der Waals surface area contributed by atoms with Crippen LogP contribution in [0.4, 0.5) is 4.39 Å². The van der Waals surface area contributed by atoms with Crippen LogP contribution >= 0.6 is 11.6 Å². The molecule has 0 unspecified atom stereocenters. The molecule has 0 atom stereocenters. The number of hydrogen-bond donors (Lipinski definition) is 1. The maximum Gasteiger partial charge on any atom is 0.123 e. The minimum absolute atomic E-state index is 0.302. The first-order chi connectivity index (χ1) is 8.20. The summed E-state index contributed by atoms with van der Waals surface area (Å²) in [6.07, 6.45) is 3.45. The van der Waals surface area contributed by atoms with Crippen molar-refractivity contribution in [1.82, 2.24) is 10.3 Å². The molecule has 1 aromatic carbocycles. The summed E-state index contributed by atoms with van der Waals surface area (Å²) in [5, 5.41) is 3.56. The summed E-state index contributed by atoms with van der Waals surface area (Å²) in [6.45, 7) is 0.716. The molecule has 0 fully saturated rings. The van der Waals surface area contributed by atoms with E-state index in [2.05, 4.69) is 10.3 Å². The van der Waals surface area contributed by atoms with Gasteiger partial charge in [0.25, 0.3) is 0 Å². The molecule has 4 heteroatoms. The van der Waals surface area contributed by atoms with E-state index in [1.807, 2.05) is 13.1 Å². The zero-order valence-electron chi connectivity index (χ0n) is 9.37. The SMILES string of the molecule is CNCc1cncc(-c2cc(F)ccc2Cl)c1. The van der Waals surface area contributed by atoms with Gasteiger partial charge in [-0.25, -0.2) is 4.39 Å². The van der Waals surface area contributed by atoms with E-state index >= 15 is 0 Å². The molecule has 88 valence electrons. The lowest BCUT2D eigenvalue weighted by Gasteiger charge is -2.06. The van der Waals surface area contributed by atoms with Gasteiger partial charge in [-0.2, -0.15) is 0 Å². The van der Waals surface area contributed by atoms with E-state index in [-0.39, 0.29) is 5.82 Å². The molecule has 0 amide bonds. The Morgan fingerprint density at radius 3 is 2.88 bits per heavy atom. The van der Waals surface area contributed by atoms with Crippen LogP contribution in [0.3, 0.4) is 0 Å². The predicted molar refractivity (Wildman–Crippen MR) is 67.4 cm³/mol. The van der Waals surface area contributed by atoms with Crippen LogP contribution in [0.5, 0.6) is 0 Å². The van der Waals surface area contributed by atoms with Crippen LogP contribution in [0.1, 0.15) is 5.56 Å². The molecule has 2 rings (SSSR count). The van der Waals surface area contributed by atoms with Crippen molar-refractivity contribution in [2.24, 2.45) is 0 Å². The van der Waals surface area contributed by atoms with Crippen LogP contribution in [0, 0.1) is 5.82 Å². The molecule has 1 N–H and O–H groups in total. The third kappa shape index (κ3) is 2.81. The van der Waals surface area contributed by atoms with Gasteiger partial charge in [0.1, 0.15) is 5.82 Å². The Bertz CT molecular complexity index is 529. The number of hydrogen-bond acceptors (Lipinski definition) is 2. The number of benzene rings is 1. The van der Waals surface area contributed by atoms with Gasteiger partial charge >= 0.3 is 0 Å². The van der Waals surface area contributed by atoms with Gasteiger partial charge in [-0.05, 0) is 36.9 Å². The molecule has 2 aromatic rings. The predicted octanol–water partition coefficient (Wildman–Crippen LogP) is 3.26. The third-order valence-corrected chi connectivity index (χ3v) is 2.74. The van der Waals surface area contributed by atoms with Gasteiger partial charge in [0.2, 0.25) is 0 Å². The van der Waals surface area contributed by atoms with Crippen molar-refractivity contribution in [3.63, 3.8) is 0 Å². The topological polar surface area (TPSA) is 24.9 Å². The van der Waals surface area contributed by atoms with Gasteiger partial charge in [0, 0.05) is 35.1 Å². The quantitative estimate of drug-likeness (QED) is 0.905. The highest BCUT2D eigenvalue weighted by molar-refractivity contribution is 6.33. The normalized spacial score (nSPS) is 10.5. The molecule has 0 bridgehead atoms. The lowest BCUT2D eigenvalue weighted by atomic mass is 10.1. The molecule has 0 spiro atoms.